The summed E-state index contributed by atoms with van der Waals surface area (Å²) in [6.07, 6.45) is 1.66. The highest BCUT2D eigenvalue weighted by Gasteiger charge is 2.28. The number of carbonyl (C=O) groups excluding carboxylic acids is 2. The Balaban J connectivity index is 1.94. The molecule has 1 saturated heterocycles. The molecule has 1 aliphatic rings. The molecule has 0 radical (unpaired) electrons. The van der Waals surface area contributed by atoms with Crippen LogP contribution in [0.2, 0.25) is 0 Å². The molecule has 0 N–H and O–H groups in total. The van der Waals surface area contributed by atoms with E-state index >= 15 is 0 Å². The molecule has 1 aromatic rings. The molecule has 1 aliphatic heterocycles. The monoisotopic (exact) mass is 431 g/mol. The quantitative estimate of drug-likeness (QED) is 0.631. The van der Waals surface area contributed by atoms with Crippen molar-refractivity contribution in [1.29, 1.82) is 0 Å². The van der Waals surface area contributed by atoms with Crippen molar-refractivity contribution < 1.29 is 14.3 Å². The van der Waals surface area contributed by atoms with Crippen LogP contribution in [0.5, 0.6) is 0 Å². The highest BCUT2D eigenvalue weighted by Crippen LogP contribution is 2.21. The molecule has 2 amide bonds. The zero-order valence-corrected chi connectivity index (χ0v) is 20.5. The Hall–Kier alpha value is -2.08. The Morgan fingerprint density at radius 2 is 1.84 bits per heavy atom. The number of piperidine rings is 1. The first kappa shape index (κ1) is 25.2. The van der Waals surface area contributed by atoms with Crippen LogP contribution in [0.15, 0.2) is 24.3 Å². The van der Waals surface area contributed by atoms with Crippen LogP contribution in [0, 0.1) is 5.92 Å². The van der Waals surface area contributed by atoms with Gasteiger partial charge in [-0.05, 0) is 77.6 Å². The summed E-state index contributed by atoms with van der Waals surface area (Å²) in [6.45, 7) is 16.1. The van der Waals surface area contributed by atoms with Crippen molar-refractivity contribution in [3.8, 4) is 0 Å². The molecule has 2 rings (SSSR count). The second kappa shape index (κ2) is 11.0. The van der Waals surface area contributed by atoms with Crippen molar-refractivity contribution in [2.45, 2.75) is 72.6 Å². The van der Waals surface area contributed by atoms with Gasteiger partial charge < -0.3 is 14.5 Å². The van der Waals surface area contributed by atoms with E-state index in [-0.39, 0.29) is 17.9 Å². The second-order valence-electron chi connectivity index (χ2n) is 9.97. The van der Waals surface area contributed by atoms with Crippen LogP contribution in [0.4, 0.5) is 4.79 Å². The Labute approximate surface area is 188 Å². The van der Waals surface area contributed by atoms with E-state index in [1.165, 1.54) is 5.56 Å². The molecule has 0 aliphatic carbocycles. The molecule has 1 heterocycles. The lowest BCUT2D eigenvalue weighted by Crippen LogP contribution is -2.45. The van der Waals surface area contributed by atoms with Crippen molar-refractivity contribution in [1.82, 2.24) is 14.7 Å². The minimum atomic E-state index is -0.505. The van der Waals surface area contributed by atoms with Gasteiger partial charge in [-0.2, -0.15) is 0 Å². The maximum atomic E-state index is 13.1. The van der Waals surface area contributed by atoms with E-state index < -0.39 is 5.60 Å². The van der Waals surface area contributed by atoms with Crippen LogP contribution in [-0.4, -0.2) is 71.6 Å². The SMILES string of the molecule is CCN(Cc1ccc(C(=O)N2CCCC(CN(C)C(=O)OC(C)(C)C)C2)cc1)C(C)C. The third-order valence-corrected chi connectivity index (χ3v) is 5.77. The van der Waals surface area contributed by atoms with Gasteiger partial charge in [0.25, 0.3) is 5.91 Å². The average Bonchev–Trinajstić information content (AvgIpc) is 2.70. The Kier molecular flexibility index (Phi) is 8.92. The Morgan fingerprint density at radius 1 is 1.19 bits per heavy atom. The van der Waals surface area contributed by atoms with Crippen molar-refractivity contribution in [2.24, 2.45) is 5.92 Å². The van der Waals surface area contributed by atoms with Crippen molar-refractivity contribution in [3.63, 3.8) is 0 Å². The molecule has 1 atom stereocenters. The first-order valence-corrected chi connectivity index (χ1v) is 11.6. The number of hydrogen-bond acceptors (Lipinski definition) is 4. The fourth-order valence-electron chi connectivity index (χ4n) is 4.03. The minimum Gasteiger partial charge on any atom is -0.444 e. The summed E-state index contributed by atoms with van der Waals surface area (Å²) in [5, 5.41) is 0. The van der Waals surface area contributed by atoms with E-state index in [1.807, 2.05) is 37.8 Å². The Bertz CT molecular complexity index is 725. The summed E-state index contributed by atoms with van der Waals surface area (Å²) in [5.41, 5.74) is 1.45. The average molecular weight is 432 g/mol. The number of likely N-dealkylation sites (tertiary alicyclic amines) is 1. The number of nitrogens with zero attached hydrogens (tertiary/aromatic N) is 3. The van der Waals surface area contributed by atoms with Gasteiger partial charge in [0.2, 0.25) is 0 Å². The molecule has 0 saturated carbocycles. The number of amides is 2. The van der Waals surface area contributed by atoms with Crippen LogP contribution in [0.1, 0.15) is 70.3 Å². The summed E-state index contributed by atoms with van der Waals surface area (Å²) >= 11 is 0. The van der Waals surface area contributed by atoms with Gasteiger partial charge in [-0.1, -0.05) is 19.1 Å². The van der Waals surface area contributed by atoms with Gasteiger partial charge in [-0.25, -0.2) is 4.79 Å². The van der Waals surface area contributed by atoms with Gasteiger partial charge in [-0.3, -0.25) is 9.69 Å². The number of hydrogen-bond donors (Lipinski definition) is 0. The molecule has 1 unspecified atom stereocenters. The van der Waals surface area contributed by atoms with E-state index in [1.54, 1.807) is 11.9 Å². The maximum Gasteiger partial charge on any atom is 0.410 e. The standard InChI is InChI=1S/C25H41N3O3/c1-8-27(19(2)3)17-20-11-13-22(14-12-20)23(29)28-15-9-10-21(18-28)16-26(7)24(30)31-25(4,5)6/h11-14,19,21H,8-10,15-18H2,1-7H3. The molecule has 1 fully saturated rings. The van der Waals surface area contributed by atoms with Crippen molar-refractivity contribution in [3.05, 3.63) is 35.4 Å². The van der Waals surface area contributed by atoms with Gasteiger partial charge >= 0.3 is 6.09 Å². The van der Waals surface area contributed by atoms with Crippen LogP contribution in [-0.2, 0) is 11.3 Å². The van der Waals surface area contributed by atoms with E-state index in [9.17, 15) is 9.59 Å². The summed E-state index contributed by atoms with van der Waals surface area (Å²) in [4.78, 5) is 31.3. The first-order chi connectivity index (χ1) is 14.5. The molecule has 0 aromatic heterocycles. The third-order valence-electron chi connectivity index (χ3n) is 5.77. The normalized spacial score (nSPS) is 17.2. The van der Waals surface area contributed by atoms with E-state index in [0.717, 1.165) is 38.0 Å². The fourth-order valence-corrected chi connectivity index (χ4v) is 4.03. The lowest BCUT2D eigenvalue weighted by molar-refractivity contribution is 0.0244. The maximum absolute atomic E-state index is 13.1. The van der Waals surface area contributed by atoms with E-state index in [2.05, 4.69) is 37.8 Å². The van der Waals surface area contributed by atoms with Gasteiger partial charge in [-0.15, -0.1) is 0 Å². The molecule has 1 aromatic carbocycles. The zero-order chi connectivity index (χ0) is 23.2. The van der Waals surface area contributed by atoms with E-state index in [4.69, 9.17) is 4.74 Å². The Morgan fingerprint density at radius 3 is 2.39 bits per heavy atom. The second-order valence-corrected chi connectivity index (χ2v) is 9.97. The van der Waals surface area contributed by atoms with Crippen molar-refractivity contribution >= 4 is 12.0 Å². The minimum absolute atomic E-state index is 0.0763. The number of rotatable bonds is 7. The summed E-state index contributed by atoms with van der Waals surface area (Å²) in [7, 11) is 1.77. The molecular weight excluding hydrogens is 390 g/mol. The van der Waals surface area contributed by atoms with Gasteiger partial charge in [0, 0.05) is 44.8 Å². The molecule has 6 nitrogen and oxygen atoms in total. The molecule has 174 valence electrons. The smallest absolute Gasteiger partial charge is 0.410 e. The molecule has 6 heteroatoms. The number of carbonyl (C=O) groups is 2. The number of benzene rings is 1. The summed E-state index contributed by atoms with van der Waals surface area (Å²) < 4.78 is 5.45. The lowest BCUT2D eigenvalue weighted by Gasteiger charge is -2.35. The van der Waals surface area contributed by atoms with Gasteiger partial charge in [0.1, 0.15) is 5.60 Å². The molecule has 31 heavy (non-hydrogen) atoms. The predicted molar refractivity (Wildman–Crippen MR) is 125 cm³/mol. The number of ether oxygens (including phenoxy) is 1. The predicted octanol–water partition coefficient (Wildman–Crippen LogP) is 4.64. The fraction of sp³-hybridized carbons (Fsp3) is 0.680. The largest absolute Gasteiger partial charge is 0.444 e. The van der Waals surface area contributed by atoms with Crippen LogP contribution < -0.4 is 0 Å². The lowest BCUT2D eigenvalue weighted by atomic mass is 9.96. The van der Waals surface area contributed by atoms with Gasteiger partial charge in [0.05, 0.1) is 0 Å². The third kappa shape index (κ3) is 7.84. The summed E-state index contributed by atoms with van der Waals surface area (Å²) in [6, 6.07) is 8.52. The van der Waals surface area contributed by atoms with E-state index in [0.29, 0.717) is 19.1 Å². The highest BCUT2D eigenvalue weighted by molar-refractivity contribution is 5.94. The highest BCUT2D eigenvalue weighted by atomic mass is 16.6. The molecule has 0 spiro atoms. The summed E-state index contributed by atoms with van der Waals surface area (Å²) in [5.74, 6) is 0.339. The van der Waals surface area contributed by atoms with Crippen LogP contribution in [0.3, 0.4) is 0 Å². The molecule has 0 bridgehead atoms. The zero-order valence-electron chi connectivity index (χ0n) is 20.5. The van der Waals surface area contributed by atoms with Crippen LogP contribution >= 0.6 is 0 Å². The topological polar surface area (TPSA) is 53.1 Å². The first-order valence-electron chi connectivity index (χ1n) is 11.6. The van der Waals surface area contributed by atoms with Crippen molar-refractivity contribution in [2.75, 3.05) is 33.2 Å². The molecular formula is C25H41N3O3. The van der Waals surface area contributed by atoms with Gasteiger partial charge in [0.15, 0.2) is 0 Å². The van der Waals surface area contributed by atoms with Crippen LogP contribution in [0.25, 0.3) is 0 Å².